The first kappa shape index (κ1) is 11.6. The van der Waals surface area contributed by atoms with Crippen molar-refractivity contribution in [2.24, 2.45) is 7.05 Å². The van der Waals surface area contributed by atoms with Crippen molar-refractivity contribution in [2.45, 2.75) is 12.8 Å². The van der Waals surface area contributed by atoms with Gasteiger partial charge in [0.2, 0.25) is 0 Å². The van der Waals surface area contributed by atoms with Crippen molar-refractivity contribution in [3.63, 3.8) is 0 Å². The van der Waals surface area contributed by atoms with Crippen LogP contribution in [-0.2, 0) is 13.5 Å². The van der Waals surface area contributed by atoms with Crippen LogP contribution in [0.4, 0.5) is 10.2 Å². The molecule has 0 radical (unpaired) electrons. The van der Waals surface area contributed by atoms with Crippen LogP contribution in [0.25, 0.3) is 11.1 Å². The molecule has 0 spiro atoms. The number of alkyl halides is 1. The molecule has 0 amide bonds. The summed E-state index contributed by atoms with van der Waals surface area (Å²) < 4.78 is 13.7. The molecule has 4 heteroatoms. The molecule has 2 aromatic rings. The van der Waals surface area contributed by atoms with Crippen LogP contribution in [-0.4, -0.2) is 16.5 Å². The lowest BCUT2D eigenvalue weighted by Crippen LogP contribution is -1.98. The Bertz CT molecular complexity index is 488. The maximum atomic E-state index is 12.1. The van der Waals surface area contributed by atoms with Crippen LogP contribution in [0.5, 0.6) is 0 Å². The number of nitrogens with two attached hydrogens (primary N) is 1. The second kappa shape index (κ2) is 4.99. The molecule has 1 aromatic carbocycles. The third-order valence-corrected chi connectivity index (χ3v) is 2.85. The number of aryl methyl sites for hydroxylation is 2. The van der Waals surface area contributed by atoms with Gasteiger partial charge in [0.25, 0.3) is 0 Å². The number of hydrogen-bond donors (Lipinski definition) is 1. The number of aromatic nitrogens is 2. The van der Waals surface area contributed by atoms with Gasteiger partial charge in [-0.25, -0.2) is 0 Å². The molecule has 0 fully saturated rings. The fourth-order valence-corrected chi connectivity index (χ4v) is 1.79. The molecule has 0 atom stereocenters. The van der Waals surface area contributed by atoms with Crippen molar-refractivity contribution in [3.8, 4) is 11.1 Å². The van der Waals surface area contributed by atoms with E-state index in [0.29, 0.717) is 12.2 Å². The Kier molecular flexibility index (Phi) is 3.42. The van der Waals surface area contributed by atoms with E-state index < -0.39 is 0 Å². The predicted octanol–water partition coefficient (Wildman–Crippen LogP) is 2.57. The SMILES string of the molecule is Cn1ncc(-c2ccc(CCCF)cc2)c1N. The van der Waals surface area contributed by atoms with Crippen LogP contribution in [0.15, 0.2) is 30.5 Å². The molecular weight excluding hydrogens is 217 g/mol. The zero-order valence-corrected chi connectivity index (χ0v) is 9.86. The summed E-state index contributed by atoms with van der Waals surface area (Å²) in [5.74, 6) is 0.654. The summed E-state index contributed by atoms with van der Waals surface area (Å²) in [6.07, 6.45) is 3.11. The molecule has 3 nitrogen and oxygen atoms in total. The first-order chi connectivity index (χ1) is 8.22. The van der Waals surface area contributed by atoms with E-state index in [9.17, 15) is 4.39 Å². The molecule has 2 rings (SSSR count). The van der Waals surface area contributed by atoms with Gasteiger partial charge < -0.3 is 5.73 Å². The average molecular weight is 233 g/mol. The van der Waals surface area contributed by atoms with E-state index in [1.165, 1.54) is 0 Å². The van der Waals surface area contributed by atoms with E-state index in [0.717, 1.165) is 23.1 Å². The van der Waals surface area contributed by atoms with Gasteiger partial charge in [-0.2, -0.15) is 5.10 Å². The van der Waals surface area contributed by atoms with Gasteiger partial charge in [-0.3, -0.25) is 9.07 Å². The fraction of sp³-hybridized carbons (Fsp3) is 0.308. The Labute approximate surface area is 100 Å². The Balaban J connectivity index is 2.20. The Morgan fingerprint density at radius 3 is 2.53 bits per heavy atom. The summed E-state index contributed by atoms with van der Waals surface area (Å²) in [7, 11) is 1.81. The van der Waals surface area contributed by atoms with Crippen molar-refractivity contribution in [2.75, 3.05) is 12.4 Å². The second-order valence-electron chi connectivity index (χ2n) is 4.06. The molecule has 90 valence electrons. The highest BCUT2D eigenvalue weighted by molar-refractivity contribution is 5.73. The van der Waals surface area contributed by atoms with E-state index in [4.69, 9.17) is 5.73 Å². The quantitative estimate of drug-likeness (QED) is 0.882. The first-order valence-electron chi connectivity index (χ1n) is 5.65. The molecule has 2 N–H and O–H groups in total. The minimum absolute atomic E-state index is 0.267. The minimum Gasteiger partial charge on any atom is -0.383 e. The smallest absolute Gasteiger partial charge is 0.129 e. The summed E-state index contributed by atoms with van der Waals surface area (Å²) in [5.41, 5.74) is 9.03. The number of nitrogens with zero attached hydrogens (tertiary/aromatic N) is 2. The molecule has 0 bridgehead atoms. The van der Waals surface area contributed by atoms with Crippen LogP contribution in [0.1, 0.15) is 12.0 Å². The van der Waals surface area contributed by atoms with E-state index in [2.05, 4.69) is 5.10 Å². The van der Waals surface area contributed by atoms with Crippen molar-refractivity contribution in [1.29, 1.82) is 0 Å². The Hall–Kier alpha value is -1.84. The topological polar surface area (TPSA) is 43.8 Å². The summed E-state index contributed by atoms with van der Waals surface area (Å²) >= 11 is 0. The van der Waals surface area contributed by atoms with Gasteiger partial charge >= 0.3 is 0 Å². The van der Waals surface area contributed by atoms with Crippen molar-refractivity contribution in [3.05, 3.63) is 36.0 Å². The van der Waals surface area contributed by atoms with Gasteiger partial charge in [0.05, 0.1) is 12.9 Å². The standard InChI is InChI=1S/C13H16FN3/c1-17-13(15)12(9-16-17)11-6-4-10(5-7-11)3-2-8-14/h4-7,9H,2-3,8,15H2,1H3. The number of rotatable bonds is 4. The zero-order chi connectivity index (χ0) is 12.3. The summed E-state index contributed by atoms with van der Waals surface area (Å²) in [4.78, 5) is 0. The van der Waals surface area contributed by atoms with Gasteiger partial charge in [-0.05, 0) is 24.0 Å². The molecule has 0 aliphatic rings. The Morgan fingerprint density at radius 1 is 1.29 bits per heavy atom. The molecular formula is C13H16FN3. The molecule has 0 saturated carbocycles. The highest BCUT2D eigenvalue weighted by atomic mass is 19.1. The Morgan fingerprint density at radius 2 is 2.00 bits per heavy atom. The number of benzene rings is 1. The van der Waals surface area contributed by atoms with Crippen LogP contribution >= 0.6 is 0 Å². The van der Waals surface area contributed by atoms with E-state index in [-0.39, 0.29) is 6.67 Å². The first-order valence-corrected chi connectivity index (χ1v) is 5.65. The molecule has 0 aliphatic carbocycles. The third kappa shape index (κ3) is 2.46. The number of anilines is 1. The van der Waals surface area contributed by atoms with Gasteiger partial charge in [-0.15, -0.1) is 0 Å². The summed E-state index contributed by atoms with van der Waals surface area (Å²) in [5, 5.41) is 4.11. The minimum atomic E-state index is -0.267. The number of halogens is 1. The molecule has 1 heterocycles. The lowest BCUT2D eigenvalue weighted by atomic mass is 10.0. The van der Waals surface area contributed by atoms with Gasteiger partial charge in [0, 0.05) is 12.6 Å². The van der Waals surface area contributed by atoms with Crippen LogP contribution in [0.3, 0.4) is 0 Å². The molecule has 1 aromatic heterocycles. The second-order valence-corrected chi connectivity index (χ2v) is 4.06. The summed E-state index contributed by atoms with van der Waals surface area (Å²) in [6, 6.07) is 8.02. The molecule has 0 unspecified atom stereocenters. The van der Waals surface area contributed by atoms with Crippen LogP contribution < -0.4 is 5.73 Å². The van der Waals surface area contributed by atoms with Gasteiger partial charge in [0.15, 0.2) is 0 Å². The normalized spacial score (nSPS) is 10.7. The van der Waals surface area contributed by atoms with Gasteiger partial charge in [0.1, 0.15) is 5.82 Å². The highest BCUT2D eigenvalue weighted by Gasteiger charge is 2.06. The molecule has 0 aliphatic heterocycles. The summed E-state index contributed by atoms with van der Waals surface area (Å²) in [6.45, 7) is -0.267. The van der Waals surface area contributed by atoms with Gasteiger partial charge in [-0.1, -0.05) is 24.3 Å². The lowest BCUT2D eigenvalue weighted by Gasteiger charge is -2.03. The van der Waals surface area contributed by atoms with Crippen molar-refractivity contribution >= 4 is 5.82 Å². The third-order valence-electron chi connectivity index (χ3n) is 2.85. The van der Waals surface area contributed by atoms with E-state index in [1.54, 1.807) is 10.9 Å². The predicted molar refractivity (Wildman–Crippen MR) is 67.4 cm³/mol. The fourth-order valence-electron chi connectivity index (χ4n) is 1.79. The maximum absolute atomic E-state index is 12.1. The monoisotopic (exact) mass is 233 g/mol. The zero-order valence-electron chi connectivity index (χ0n) is 9.86. The molecule has 17 heavy (non-hydrogen) atoms. The van der Waals surface area contributed by atoms with E-state index in [1.807, 2.05) is 31.3 Å². The average Bonchev–Trinajstić information content (AvgIpc) is 2.68. The largest absolute Gasteiger partial charge is 0.383 e. The van der Waals surface area contributed by atoms with Crippen molar-refractivity contribution in [1.82, 2.24) is 9.78 Å². The number of hydrogen-bond acceptors (Lipinski definition) is 2. The van der Waals surface area contributed by atoms with Crippen LogP contribution in [0, 0.1) is 0 Å². The van der Waals surface area contributed by atoms with Crippen molar-refractivity contribution < 1.29 is 4.39 Å². The lowest BCUT2D eigenvalue weighted by molar-refractivity contribution is 0.473. The highest BCUT2D eigenvalue weighted by Crippen LogP contribution is 2.25. The number of nitrogen functional groups attached to an aromatic ring is 1. The van der Waals surface area contributed by atoms with E-state index >= 15 is 0 Å². The van der Waals surface area contributed by atoms with Crippen LogP contribution in [0.2, 0.25) is 0 Å². The maximum Gasteiger partial charge on any atom is 0.129 e. The molecule has 0 saturated heterocycles.